The first-order valence-corrected chi connectivity index (χ1v) is 6.39. The van der Waals surface area contributed by atoms with Crippen LogP contribution < -0.4 is 11.1 Å². The Labute approximate surface area is 118 Å². The molecule has 5 nitrogen and oxygen atoms in total. The number of hydrogen-bond acceptors (Lipinski definition) is 3. The van der Waals surface area contributed by atoms with E-state index in [9.17, 15) is 9.18 Å². The average Bonchev–Trinajstić information content (AvgIpc) is 2.34. The number of hydrogen-bond donors (Lipinski definition) is 3. The summed E-state index contributed by atoms with van der Waals surface area (Å²) in [6, 6.07) is 3.14. The predicted molar refractivity (Wildman–Crippen MR) is 73.6 cm³/mol. The van der Waals surface area contributed by atoms with Gasteiger partial charge in [-0.3, -0.25) is 4.79 Å². The summed E-state index contributed by atoms with van der Waals surface area (Å²) in [4.78, 5) is 12.1. The Kier molecular flexibility index (Phi) is 5.29. The monoisotopic (exact) mass is 331 g/mol. The zero-order valence-corrected chi connectivity index (χ0v) is 12.1. The van der Waals surface area contributed by atoms with E-state index in [-0.39, 0.29) is 17.3 Å². The maximum Gasteiger partial charge on any atom is 0.253 e. The van der Waals surface area contributed by atoms with Gasteiger partial charge in [0.25, 0.3) is 5.91 Å². The van der Waals surface area contributed by atoms with Gasteiger partial charge < -0.3 is 16.3 Å². The van der Waals surface area contributed by atoms with Crippen LogP contribution in [0, 0.1) is 11.7 Å². The van der Waals surface area contributed by atoms with Crippen molar-refractivity contribution >= 4 is 27.7 Å². The maximum atomic E-state index is 13.0. The highest BCUT2D eigenvalue weighted by Gasteiger charge is 2.22. The molecular formula is C12H15BrFN3O2. The topological polar surface area (TPSA) is 87.7 Å². The van der Waals surface area contributed by atoms with E-state index in [0.29, 0.717) is 4.47 Å². The van der Waals surface area contributed by atoms with Gasteiger partial charge in [0.1, 0.15) is 5.82 Å². The van der Waals surface area contributed by atoms with Crippen LogP contribution in [-0.4, -0.2) is 23.0 Å². The van der Waals surface area contributed by atoms with E-state index in [1.165, 1.54) is 18.2 Å². The van der Waals surface area contributed by atoms with Gasteiger partial charge in [0, 0.05) is 4.47 Å². The first kappa shape index (κ1) is 15.4. The Hall–Kier alpha value is -1.63. The zero-order chi connectivity index (χ0) is 14.6. The molecule has 1 amide bonds. The largest absolute Gasteiger partial charge is 0.409 e. The maximum absolute atomic E-state index is 13.0. The molecule has 19 heavy (non-hydrogen) atoms. The normalized spacial score (nSPS) is 13.4. The van der Waals surface area contributed by atoms with E-state index >= 15 is 0 Å². The lowest BCUT2D eigenvalue weighted by molar-refractivity contribution is 0.0938. The van der Waals surface area contributed by atoms with E-state index < -0.39 is 17.8 Å². The fourth-order valence-corrected chi connectivity index (χ4v) is 2.07. The van der Waals surface area contributed by atoms with Crippen LogP contribution in [0.1, 0.15) is 24.2 Å². The molecule has 104 valence electrons. The van der Waals surface area contributed by atoms with Crippen molar-refractivity contribution in [2.24, 2.45) is 16.8 Å². The van der Waals surface area contributed by atoms with Crippen molar-refractivity contribution in [3.63, 3.8) is 0 Å². The average molecular weight is 332 g/mol. The van der Waals surface area contributed by atoms with Crippen LogP contribution in [0.5, 0.6) is 0 Å². The highest BCUT2D eigenvalue weighted by molar-refractivity contribution is 9.10. The van der Waals surface area contributed by atoms with Gasteiger partial charge in [-0.15, -0.1) is 0 Å². The van der Waals surface area contributed by atoms with E-state index in [1.54, 1.807) is 0 Å². The van der Waals surface area contributed by atoms with Crippen LogP contribution in [0.4, 0.5) is 4.39 Å². The van der Waals surface area contributed by atoms with Gasteiger partial charge in [0.2, 0.25) is 0 Å². The van der Waals surface area contributed by atoms with E-state index in [1.807, 2.05) is 13.8 Å². The van der Waals surface area contributed by atoms with Gasteiger partial charge in [-0.1, -0.05) is 19.0 Å². The minimum absolute atomic E-state index is 0.0564. The number of carbonyl (C=O) groups excluding carboxylic acids is 1. The SMILES string of the molecule is CC(C)C(NC(=O)c1ccc(F)cc1Br)C(N)=NO. The number of nitrogens with one attached hydrogen (secondary N) is 1. The van der Waals surface area contributed by atoms with E-state index in [0.717, 1.165) is 0 Å². The van der Waals surface area contributed by atoms with Gasteiger partial charge >= 0.3 is 0 Å². The third-order valence-electron chi connectivity index (χ3n) is 2.56. The smallest absolute Gasteiger partial charge is 0.253 e. The van der Waals surface area contributed by atoms with Gasteiger partial charge in [-0.25, -0.2) is 4.39 Å². The first-order valence-electron chi connectivity index (χ1n) is 5.60. The molecule has 0 aliphatic heterocycles. The fourth-order valence-electron chi connectivity index (χ4n) is 1.54. The minimum atomic E-state index is -0.602. The van der Waals surface area contributed by atoms with Crippen LogP contribution in [0.25, 0.3) is 0 Å². The van der Waals surface area contributed by atoms with Crippen LogP contribution >= 0.6 is 15.9 Å². The highest BCUT2D eigenvalue weighted by atomic mass is 79.9. The summed E-state index contributed by atoms with van der Waals surface area (Å²) in [6.07, 6.45) is 0. The number of nitrogens with zero attached hydrogens (tertiary/aromatic N) is 1. The first-order chi connectivity index (χ1) is 8.86. The fraction of sp³-hybridized carbons (Fsp3) is 0.333. The molecule has 1 rings (SSSR count). The van der Waals surface area contributed by atoms with Crippen molar-refractivity contribution < 1.29 is 14.4 Å². The highest BCUT2D eigenvalue weighted by Crippen LogP contribution is 2.18. The number of nitrogens with two attached hydrogens (primary N) is 1. The molecule has 1 aromatic carbocycles. The molecule has 7 heteroatoms. The van der Waals surface area contributed by atoms with Crippen LogP contribution in [0.3, 0.4) is 0 Å². The molecule has 0 fully saturated rings. The van der Waals surface area contributed by atoms with E-state index in [4.69, 9.17) is 10.9 Å². The van der Waals surface area contributed by atoms with Crippen molar-refractivity contribution in [3.8, 4) is 0 Å². The van der Waals surface area contributed by atoms with Gasteiger partial charge in [0.05, 0.1) is 11.6 Å². The molecule has 0 aromatic heterocycles. The number of amides is 1. The quantitative estimate of drug-likeness (QED) is 0.341. The lowest BCUT2D eigenvalue weighted by Gasteiger charge is -2.21. The number of carbonyl (C=O) groups is 1. The molecule has 0 radical (unpaired) electrons. The lowest BCUT2D eigenvalue weighted by Crippen LogP contribution is -2.47. The van der Waals surface area contributed by atoms with Crippen molar-refractivity contribution in [1.29, 1.82) is 0 Å². The number of benzene rings is 1. The Morgan fingerprint density at radius 2 is 2.16 bits per heavy atom. The summed E-state index contributed by atoms with van der Waals surface area (Å²) < 4.78 is 13.3. The molecule has 0 aliphatic rings. The Bertz CT molecular complexity index is 506. The minimum Gasteiger partial charge on any atom is -0.409 e. The number of amidine groups is 1. The molecule has 0 heterocycles. The van der Waals surface area contributed by atoms with Crippen LogP contribution in [-0.2, 0) is 0 Å². The summed E-state index contributed by atoms with van der Waals surface area (Å²) in [7, 11) is 0. The molecule has 1 atom stereocenters. The Morgan fingerprint density at radius 3 is 2.63 bits per heavy atom. The molecule has 1 aromatic rings. The molecule has 0 saturated carbocycles. The van der Waals surface area contributed by atoms with Crippen LogP contribution in [0.2, 0.25) is 0 Å². The second-order valence-corrected chi connectivity index (χ2v) is 5.20. The van der Waals surface area contributed by atoms with Crippen molar-refractivity contribution in [1.82, 2.24) is 5.32 Å². The molecule has 0 aliphatic carbocycles. The van der Waals surface area contributed by atoms with Gasteiger partial charge in [-0.2, -0.15) is 0 Å². The molecule has 0 spiro atoms. The molecule has 0 saturated heterocycles. The van der Waals surface area contributed by atoms with Crippen molar-refractivity contribution in [3.05, 3.63) is 34.1 Å². The van der Waals surface area contributed by atoms with E-state index in [2.05, 4.69) is 26.4 Å². The Balaban J connectivity index is 2.94. The third kappa shape index (κ3) is 3.92. The molecule has 4 N–H and O–H groups in total. The second kappa shape index (κ2) is 6.51. The molecule has 1 unspecified atom stereocenters. The van der Waals surface area contributed by atoms with Crippen molar-refractivity contribution in [2.45, 2.75) is 19.9 Å². The van der Waals surface area contributed by atoms with Crippen molar-refractivity contribution in [2.75, 3.05) is 0 Å². The zero-order valence-electron chi connectivity index (χ0n) is 10.5. The molecular weight excluding hydrogens is 317 g/mol. The van der Waals surface area contributed by atoms with Gasteiger partial charge in [0.15, 0.2) is 5.84 Å². The predicted octanol–water partition coefficient (Wildman–Crippen LogP) is 2.09. The summed E-state index contributed by atoms with van der Waals surface area (Å²) in [5, 5.41) is 14.2. The molecule has 0 bridgehead atoms. The summed E-state index contributed by atoms with van der Waals surface area (Å²) >= 11 is 3.12. The standard InChI is InChI=1S/C12H15BrFN3O2/c1-6(2)10(11(15)17-19)16-12(18)8-4-3-7(14)5-9(8)13/h3-6,10,19H,1-2H3,(H2,15,17)(H,16,18). The number of halogens is 2. The Morgan fingerprint density at radius 1 is 1.53 bits per heavy atom. The lowest BCUT2D eigenvalue weighted by atomic mass is 10.0. The summed E-state index contributed by atoms with van der Waals surface area (Å²) in [5.74, 6) is -1.02. The van der Waals surface area contributed by atoms with Crippen LogP contribution in [0.15, 0.2) is 27.8 Å². The third-order valence-corrected chi connectivity index (χ3v) is 3.22. The summed E-state index contributed by atoms with van der Waals surface area (Å²) in [6.45, 7) is 3.64. The van der Waals surface area contributed by atoms with Gasteiger partial charge in [-0.05, 0) is 40.0 Å². The second-order valence-electron chi connectivity index (χ2n) is 4.34. The number of rotatable bonds is 4. The summed E-state index contributed by atoms with van der Waals surface area (Å²) in [5.41, 5.74) is 5.80. The number of oxime groups is 1.